The highest BCUT2D eigenvalue weighted by Gasteiger charge is 2.36. The third-order valence-electron chi connectivity index (χ3n) is 5.90. The number of ether oxygens (including phenoxy) is 3. The van der Waals surface area contributed by atoms with Crippen LogP contribution >= 0.6 is 68.1 Å². The molecule has 1 aliphatic rings. The van der Waals surface area contributed by atoms with Gasteiger partial charge in [-0.05, 0) is 100 Å². The number of hydrogen-bond donors (Lipinski definition) is 0. The summed E-state index contributed by atoms with van der Waals surface area (Å²) in [5, 5.41) is 0.461. The van der Waals surface area contributed by atoms with Crippen molar-refractivity contribution in [2.75, 3.05) is 20.8 Å². The molecular formula is C27H25ClI2N2O5S. The number of benzene rings is 2. The molecule has 1 aromatic heterocycles. The zero-order chi connectivity index (χ0) is 27.6. The van der Waals surface area contributed by atoms with Gasteiger partial charge in [-0.1, -0.05) is 36.3 Å². The molecule has 0 aliphatic carbocycles. The molecule has 2 heterocycles. The highest BCUT2D eigenvalue weighted by molar-refractivity contribution is 14.1. The first kappa shape index (κ1) is 29.1. The monoisotopic (exact) mass is 778 g/mol. The minimum Gasteiger partial charge on any atom is -0.496 e. The molecule has 38 heavy (non-hydrogen) atoms. The highest BCUT2D eigenvalue weighted by Crippen LogP contribution is 2.38. The van der Waals surface area contributed by atoms with Crippen LogP contribution < -0.4 is 24.4 Å². The number of allylic oxidation sites excluding steroid dienone is 1. The lowest BCUT2D eigenvalue weighted by Gasteiger charge is -2.27. The Kier molecular flexibility index (Phi) is 9.58. The Balaban J connectivity index is 2.04. The first-order valence-electron chi connectivity index (χ1n) is 11.8. The Hall–Kier alpha value is -1.90. The van der Waals surface area contributed by atoms with E-state index in [0.717, 1.165) is 24.9 Å². The predicted molar refractivity (Wildman–Crippen MR) is 166 cm³/mol. The Labute approximate surface area is 256 Å². The van der Waals surface area contributed by atoms with Gasteiger partial charge in [0.2, 0.25) is 0 Å². The van der Waals surface area contributed by atoms with Crippen molar-refractivity contribution in [2.45, 2.75) is 32.7 Å². The Morgan fingerprint density at radius 1 is 1.16 bits per heavy atom. The molecule has 0 fully saturated rings. The second kappa shape index (κ2) is 12.5. The summed E-state index contributed by atoms with van der Waals surface area (Å²) in [6.45, 7) is 3.96. The quantitative estimate of drug-likeness (QED) is 0.225. The molecule has 1 aliphatic heterocycles. The summed E-state index contributed by atoms with van der Waals surface area (Å²) >= 11 is 12.1. The molecule has 1 atom stereocenters. The number of esters is 1. The number of carbonyl (C=O) groups excluding carboxylic acids is 1. The molecule has 0 spiro atoms. The first-order chi connectivity index (χ1) is 18.2. The van der Waals surface area contributed by atoms with Gasteiger partial charge >= 0.3 is 5.97 Å². The van der Waals surface area contributed by atoms with E-state index in [0.29, 0.717) is 43.4 Å². The fraction of sp³-hybridized carbons (Fsp3) is 0.296. The van der Waals surface area contributed by atoms with Crippen molar-refractivity contribution in [1.29, 1.82) is 0 Å². The number of aromatic nitrogens is 1. The number of rotatable bonds is 8. The number of thiazole rings is 1. The molecule has 200 valence electrons. The first-order valence-corrected chi connectivity index (χ1v) is 15.2. The highest BCUT2D eigenvalue weighted by atomic mass is 127. The summed E-state index contributed by atoms with van der Waals surface area (Å²) in [5.41, 5.74) is 2.10. The number of methoxy groups -OCH3 is 2. The molecular weight excluding hydrogens is 754 g/mol. The fourth-order valence-electron chi connectivity index (χ4n) is 4.34. The fourth-order valence-corrected chi connectivity index (χ4v) is 7.80. The second-order valence-electron chi connectivity index (χ2n) is 8.32. The lowest BCUT2D eigenvalue weighted by Crippen LogP contribution is -2.40. The summed E-state index contributed by atoms with van der Waals surface area (Å²) < 4.78 is 20.5. The van der Waals surface area contributed by atoms with Crippen LogP contribution in [0.1, 0.15) is 43.9 Å². The van der Waals surface area contributed by atoms with Gasteiger partial charge in [-0.15, -0.1) is 0 Å². The minimum atomic E-state index is -0.807. The van der Waals surface area contributed by atoms with Crippen molar-refractivity contribution < 1.29 is 19.0 Å². The maximum absolute atomic E-state index is 14.0. The molecule has 4 rings (SSSR count). The number of nitrogens with zero attached hydrogens (tertiary/aromatic N) is 2. The molecule has 7 nitrogen and oxygen atoms in total. The summed E-state index contributed by atoms with van der Waals surface area (Å²) in [5.74, 6) is 0.786. The molecule has 0 saturated carbocycles. The summed E-state index contributed by atoms with van der Waals surface area (Å²) in [6.07, 6.45) is 3.15. The van der Waals surface area contributed by atoms with Gasteiger partial charge in [0.15, 0.2) is 4.80 Å². The van der Waals surface area contributed by atoms with Crippen molar-refractivity contribution in [3.05, 3.63) is 84.6 Å². The lowest BCUT2D eigenvalue weighted by atomic mass is 9.93. The predicted octanol–water partition coefficient (Wildman–Crippen LogP) is 5.46. The van der Waals surface area contributed by atoms with Crippen LogP contribution in [0.4, 0.5) is 0 Å². The lowest BCUT2D eigenvalue weighted by molar-refractivity contribution is -0.139. The van der Waals surface area contributed by atoms with Crippen LogP contribution in [-0.2, 0) is 9.53 Å². The Morgan fingerprint density at radius 2 is 1.87 bits per heavy atom. The van der Waals surface area contributed by atoms with Crippen LogP contribution in [-0.4, -0.2) is 31.4 Å². The van der Waals surface area contributed by atoms with Gasteiger partial charge in [-0.2, -0.15) is 0 Å². The average Bonchev–Trinajstić information content (AvgIpc) is 3.17. The van der Waals surface area contributed by atoms with E-state index in [1.54, 1.807) is 43.9 Å². The van der Waals surface area contributed by atoms with Crippen molar-refractivity contribution in [3.8, 4) is 11.5 Å². The third-order valence-corrected chi connectivity index (χ3v) is 8.72. The molecule has 0 saturated heterocycles. The van der Waals surface area contributed by atoms with Gasteiger partial charge in [-0.3, -0.25) is 9.36 Å². The van der Waals surface area contributed by atoms with E-state index in [9.17, 15) is 9.59 Å². The summed E-state index contributed by atoms with van der Waals surface area (Å²) in [4.78, 5) is 32.6. The topological polar surface area (TPSA) is 79.1 Å². The molecule has 3 aromatic rings. The summed E-state index contributed by atoms with van der Waals surface area (Å²) in [6, 6.07) is 8.29. The molecule has 0 amide bonds. The van der Waals surface area contributed by atoms with E-state index in [2.05, 4.69) is 45.2 Å². The van der Waals surface area contributed by atoms with Gasteiger partial charge in [0.05, 0.1) is 43.8 Å². The van der Waals surface area contributed by atoms with Crippen molar-refractivity contribution in [2.24, 2.45) is 4.99 Å². The Bertz CT molecular complexity index is 1590. The van der Waals surface area contributed by atoms with E-state index in [-0.39, 0.29) is 12.2 Å². The minimum absolute atomic E-state index is 0.195. The number of halogens is 3. The zero-order valence-electron chi connectivity index (χ0n) is 21.1. The van der Waals surface area contributed by atoms with E-state index in [1.165, 1.54) is 11.3 Å². The number of fused-ring (bicyclic) bond motifs is 1. The number of hydrogen-bond acceptors (Lipinski definition) is 7. The SMILES string of the molecule is CCCC1=C(C(=O)OCC)[C@@H](c2cc(Cl)ccc2OC)n2c(s/c(=C/c3cc(I)c(OC)c(I)c3)c2=O)=N1. The standard InChI is InChI=1S/C27H25ClI2N2O5S/c1-5-7-19-22(26(34)37-6-2)23(16-13-15(28)8-9-20(16)35-3)32-25(33)21(38-27(32)31-19)12-14-10-17(29)24(36-4)18(30)11-14/h8-13,23H,5-7H2,1-4H3/b21-12+/t23-/m1/s1. The van der Waals surface area contributed by atoms with E-state index in [1.807, 2.05) is 25.1 Å². The van der Waals surface area contributed by atoms with Crippen LogP contribution in [0, 0.1) is 7.14 Å². The Morgan fingerprint density at radius 3 is 2.47 bits per heavy atom. The van der Waals surface area contributed by atoms with Crippen LogP contribution in [0.15, 0.2) is 51.4 Å². The maximum atomic E-state index is 14.0. The maximum Gasteiger partial charge on any atom is 0.338 e. The third kappa shape index (κ3) is 5.68. The van der Waals surface area contributed by atoms with E-state index >= 15 is 0 Å². The van der Waals surface area contributed by atoms with Crippen LogP contribution in [0.3, 0.4) is 0 Å². The summed E-state index contributed by atoms with van der Waals surface area (Å²) in [7, 11) is 3.18. The van der Waals surface area contributed by atoms with Crippen LogP contribution in [0.25, 0.3) is 6.08 Å². The smallest absolute Gasteiger partial charge is 0.338 e. The molecule has 2 aromatic carbocycles. The molecule has 0 N–H and O–H groups in total. The van der Waals surface area contributed by atoms with Crippen molar-refractivity contribution >= 4 is 80.2 Å². The van der Waals surface area contributed by atoms with Gasteiger partial charge in [0.1, 0.15) is 17.5 Å². The largest absolute Gasteiger partial charge is 0.496 e. The average molecular weight is 779 g/mol. The van der Waals surface area contributed by atoms with Crippen molar-refractivity contribution in [3.63, 3.8) is 0 Å². The van der Waals surface area contributed by atoms with Gasteiger partial charge in [0, 0.05) is 10.6 Å². The van der Waals surface area contributed by atoms with Crippen LogP contribution in [0.5, 0.6) is 11.5 Å². The van der Waals surface area contributed by atoms with Gasteiger partial charge in [-0.25, -0.2) is 9.79 Å². The van der Waals surface area contributed by atoms with Gasteiger partial charge in [0.25, 0.3) is 5.56 Å². The molecule has 0 unspecified atom stereocenters. The van der Waals surface area contributed by atoms with Crippen molar-refractivity contribution in [1.82, 2.24) is 4.57 Å². The van der Waals surface area contributed by atoms with E-state index in [4.69, 9.17) is 30.8 Å². The molecule has 11 heteroatoms. The second-order valence-corrected chi connectivity index (χ2v) is 12.1. The zero-order valence-corrected chi connectivity index (χ0v) is 27.0. The van der Waals surface area contributed by atoms with E-state index < -0.39 is 12.0 Å². The molecule has 0 bridgehead atoms. The van der Waals surface area contributed by atoms with Gasteiger partial charge < -0.3 is 14.2 Å². The molecule has 0 radical (unpaired) electrons. The number of carbonyl (C=O) groups is 1. The van der Waals surface area contributed by atoms with Crippen LogP contribution in [0.2, 0.25) is 5.02 Å². The normalized spacial score (nSPS) is 15.2.